The number of allylic oxidation sites excluding steroid dienone is 1. The summed E-state index contributed by atoms with van der Waals surface area (Å²) in [6.07, 6.45) is 6.25. The Morgan fingerprint density at radius 3 is 2.43 bits per heavy atom. The van der Waals surface area contributed by atoms with Crippen LogP contribution < -0.4 is 10.4 Å². The van der Waals surface area contributed by atoms with E-state index in [0.717, 1.165) is 59.6 Å². The predicted molar refractivity (Wildman–Crippen MR) is 117 cm³/mol. The van der Waals surface area contributed by atoms with Crippen molar-refractivity contribution in [1.82, 2.24) is 14.8 Å². The minimum absolute atomic E-state index is 0.622. The Hall–Kier alpha value is -2.82. The van der Waals surface area contributed by atoms with Crippen LogP contribution in [0.1, 0.15) is 19.8 Å². The van der Waals surface area contributed by atoms with E-state index in [1.54, 1.807) is 0 Å². The van der Waals surface area contributed by atoms with Gasteiger partial charge in [0.25, 0.3) is 0 Å². The fourth-order valence-corrected chi connectivity index (χ4v) is 3.89. The number of hydrogen-bond acceptors (Lipinski definition) is 3. The third kappa shape index (κ3) is 3.75. The molecule has 1 aliphatic heterocycles. The molecule has 0 saturated carbocycles. The second-order valence-electron chi connectivity index (χ2n) is 7.69. The summed E-state index contributed by atoms with van der Waals surface area (Å²) in [4.78, 5) is 7.20. The molecule has 0 spiro atoms. The van der Waals surface area contributed by atoms with Crippen molar-refractivity contribution < 1.29 is 0 Å². The van der Waals surface area contributed by atoms with Gasteiger partial charge in [0.15, 0.2) is 0 Å². The number of nitrogens with zero attached hydrogens (tertiary/aromatic N) is 4. The van der Waals surface area contributed by atoms with Crippen molar-refractivity contribution in [3.63, 3.8) is 0 Å². The maximum Gasteiger partial charge on any atom is 0.113 e. The first kappa shape index (κ1) is 18.5. The van der Waals surface area contributed by atoms with Crippen molar-refractivity contribution in [2.45, 2.75) is 19.8 Å². The minimum atomic E-state index is 0.622. The Bertz CT molecular complexity index is 982. The van der Waals surface area contributed by atoms with Crippen LogP contribution in [0.4, 0.5) is 5.69 Å². The standard InChI is InChI=1S/C23H25BN4/c1-16(2)17-8-12-28(13-9-17)23-15-25-22(18-4-6-19(24)7-5-18)14-20(23)21-10-11-27(3)26-21/h4-7,10-11,14-15,17H,1,8-9,12-13H2,2-3H3. The molecule has 1 aromatic carbocycles. The molecule has 0 atom stereocenters. The topological polar surface area (TPSA) is 34.0 Å². The van der Waals surface area contributed by atoms with Crippen molar-refractivity contribution in [3.05, 3.63) is 60.9 Å². The van der Waals surface area contributed by atoms with Gasteiger partial charge in [-0.1, -0.05) is 41.9 Å². The second-order valence-corrected chi connectivity index (χ2v) is 7.69. The van der Waals surface area contributed by atoms with E-state index in [1.807, 2.05) is 48.4 Å². The van der Waals surface area contributed by atoms with E-state index in [-0.39, 0.29) is 0 Å². The second kappa shape index (κ2) is 7.66. The lowest BCUT2D eigenvalue weighted by Crippen LogP contribution is -2.34. The molecule has 1 aliphatic rings. The molecule has 28 heavy (non-hydrogen) atoms. The lowest BCUT2D eigenvalue weighted by atomic mass is 9.90. The van der Waals surface area contributed by atoms with E-state index < -0.39 is 0 Å². The first-order chi connectivity index (χ1) is 13.5. The molecule has 0 amide bonds. The molecule has 5 heteroatoms. The Kier molecular flexibility index (Phi) is 5.08. The van der Waals surface area contributed by atoms with Crippen molar-refractivity contribution >= 4 is 19.0 Å². The van der Waals surface area contributed by atoms with Gasteiger partial charge in [-0.05, 0) is 37.8 Å². The fraction of sp³-hybridized carbons (Fsp3) is 0.304. The van der Waals surface area contributed by atoms with Crippen LogP contribution in [-0.4, -0.2) is 35.7 Å². The zero-order valence-electron chi connectivity index (χ0n) is 16.6. The van der Waals surface area contributed by atoms with Crippen LogP contribution in [-0.2, 0) is 7.05 Å². The van der Waals surface area contributed by atoms with Gasteiger partial charge in [0.05, 0.1) is 23.3 Å². The molecule has 0 aliphatic carbocycles. The average Bonchev–Trinajstić information content (AvgIpc) is 3.14. The Balaban J connectivity index is 1.72. The number of benzene rings is 1. The molecule has 4 rings (SSSR count). The number of hydrogen-bond donors (Lipinski definition) is 0. The van der Waals surface area contributed by atoms with E-state index >= 15 is 0 Å². The van der Waals surface area contributed by atoms with E-state index in [1.165, 1.54) is 5.57 Å². The lowest BCUT2D eigenvalue weighted by Gasteiger charge is -2.34. The van der Waals surface area contributed by atoms with Crippen LogP contribution in [0.5, 0.6) is 0 Å². The molecule has 2 aromatic heterocycles. The first-order valence-corrected chi connectivity index (χ1v) is 9.77. The molecule has 4 nitrogen and oxygen atoms in total. The Morgan fingerprint density at radius 1 is 1.11 bits per heavy atom. The third-order valence-corrected chi connectivity index (χ3v) is 5.61. The molecule has 2 radical (unpaired) electrons. The highest BCUT2D eigenvalue weighted by Crippen LogP contribution is 2.35. The smallest absolute Gasteiger partial charge is 0.113 e. The van der Waals surface area contributed by atoms with Crippen LogP contribution in [0, 0.1) is 5.92 Å². The van der Waals surface area contributed by atoms with E-state index in [9.17, 15) is 0 Å². The molecule has 0 N–H and O–H groups in total. The van der Waals surface area contributed by atoms with E-state index in [0.29, 0.717) is 5.92 Å². The normalized spacial score (nSPS) is 15.0. The zero-order valence-corrected chi connectivity index (χ0v) is 16.6. The van der Waals surface area contributed by atoms with Gasteiger partial charge in [0, 0.05) is 37.5 Å². The summed E-state index contributed by atoms with van der Waals surface area (Å²) in [5.41, 5.74) is 7.28. The molecule has 3 aromatic rings. The molecule has 1 saturated heterocycles. The Labute approximate surface area is 168 Å². The van der Waals surface area contributed by atoms with Crippen molar-refractivity contribution in [3.8, 4) is 22.5 Å². The SMILES string of the molecule is [B]c1ccc(-c2cc(-c3ccn(C)n3)c(N3CCC(C(=C)C)CC3)cn2)cc1. The van der Waals surface area contributed by atoms with Crippen LogP contribution in [0.25, 0.3) is 22.5 Å². The molecule has 3 heterocycles. The highest BCUT2D eigenvalue weighted by molar-refractivity contribution is 6.32. The van der Waals surface area contributed by atoms with Gasteiger partial charge in [-0.25, -0.2) is 0 Å². The van der Waals surface area contributed by atoms with Crippen LogP contribution in [0.3, 0.4) is 0 Å². The monoisotopic (exact) mass is 368 g/mol. The van der Waals surface area contributed by atoms with Gasteiger partial charge >= 0.3 is 0 Å². The van der Waals surface area contributed by atoms with Crippen LogP contribution in [0.15, 0.2) is 60.9 Å². The average molecular weight is 368 g/mol. The molecule has 0 unspecified atom stereocenters. The van der Waals surface area contributed by atoms with Gasteiger partial charge < -0.3 is 4.90 Å². The third-order valence-electron chi connectivity index (χ3n) is 5.61. The summed E-state index contributed by atoms with van der Waals surface area (Å²) in [5.74, 6) is 0.622. The summed E-state index contributed by atoms with van der Waals surface area (Å²) in [7, 11) is 7.78. The number of piperidine rings is 1. The molecular weight excluding hydrogens is 343 g/mol. The maximum atomic E-state index is 5.84. The van der Waals surface area contributed by atoms with Crippen molar-refractivity contribution in [2.24, 2.45) is 13.0 Å². The van der Waals surface area contributed by atoms with Gasteiger partial charge in [0.2, 0.25) is 0 Å². The Morgan fingerprint density at radius 2 is 1.82 bits per heavy atom. The predicted octanol–water partition coefficient (Wildman–Crippen LogP) is 3.74. The van der Waals surface area contributed by atoms with E-state index in [2.05, 4.69) is 35.6 Å². The highest BCUT2D eigenvalue weighted by atomic mass is 15.2. The number of aryl methyl sites for hydroxylation is 1. The van der Waals surface area contributed by atoms with Crippen LogP contribution in [0.2, 0.25) is 0 Å². The summed E-state index contributed by atoms with van der Waals surface area (Å²) in [6.45, 7) is 8.31. The zero-order chi connectivity index (χ0) is 19.7. The quantitative estimate of drug-likeness (QED) is 0.520. The lowest BCUT2D eigenvalue weighted by molar-refractivity contribution is 0.459. The summed E-state index contributed by atoms with van der Waals surface area (Å²) < 4.78 is 1.84. The molecular formula is C23H25BN4. The summed E-state index contributed by atoms with van der Waals surface area (Å²) in [6, 6.07) is 12.1. The van der Waals surface area contributed by atoms with Crippen molar-refractivity contribution in [2.75, 3.05) is 18.0 Å². The van der Waals surface area contributed by atoms with Gasteiger partial charge in [-0.15, -0.1) is 0 Å². The number of anilines is 1. The van der Waals surface area contributed by atoms with Crippen molar-refractivity contribution in [1.29, 1.82) is 0 Å². The van der Waals surface area contributed by atoms with Gasteiger partial charge in [-0.3, -0.25) is 9.67 Å². The molecule has 140 valence electrons. The largest absolute Gasteiger partial charge is 0.370 e. The maximum absolute atomic E-state index is 5.84. The number of rotatable bonds is 4. The van der Waals surface area contributed by atoms with E-state index in [4.69, 9.17) is 12.8 Å². The minimum Gasteiger partial charge on any atom is -0.370 e. The van der Waals surface area contributed by atoms with Gasteiger partial charge in [0.1, 0.15) is 7.85 Å². The number of pyridine rings is 1. The fourth-order valence-electron chi connectivity index (χ4n) is 3.89. The van der Waals surface area contributed by atoms with Gasteiger partial charge in [-0.2, -0.15) is 5.10 Å². The number of aromatic nitrogens is 3. The highest BCUT2D eigenvalue weighted by Gasteiger charge is 2.23. The summed E-state index contributed by atoms with van der Waals surface area (Å²) >= 11 is 0. The molecule has 0 bridgehead atoms. The summed E-state index contributed by atoms with van der Waals surface area (Å²) in [5, 5.41) is 4.66. The van der Waals surface area contributed by atoms with Crippen LogP contribution >= 0.6 is 0 Å². The molecule has 1 fully saturated rings. The first-order valence-electron chi connectivity index (χ1n) is 9.77.